The van der Waals surface area contributed by atoms with Gasteiger partial charge < -0.3 is 4.90 Å². The molecule has 0 N–H and O–H groups in total. The summed E-state index contributed by atoms with van der Waals surface area (Å²) in [6.07, 6.45) is 4.20. The van der Waals surface area contributed by atoms with Gasteiger partial charge in [0.15, 0.2) is 0 Å². The van der Waals surface area contributed by atoms with Crippen molar-refractivity contribution < 1.29 is 0 Å². The lowest BCUT2D eigenvalue weighted by atomic mass is 9.91. The van der Waals surface area contributed by atoms with E-state index in [1.165, 1.54) is 19.3 Å². The molecule has 1 aliphatic carbocycles. The van der Waals surface area contributed by atoms with E-state index in [1.807, 2.05) is 0 Å². The third-order valence-corrected chi connectivity index (χ3v) is 2.48. The highest BCUT2D eigenvalue weighted by Crippen LogP contribution is 2.25. The Balaban J connectivity index is 2.24. The van der Waals surface area contributed by atoms with Crippen LogP contribution >= 0.6 is 12.6 Å². The van der Waals surface area contributed by atoms with E-state index in [0.717, 1.165) is 12.6 Å². The molecule has 0 aromatic heterocycles. The van der Waals surface area contributed by atoms with Crippen LogP contribution in [0.25, 0.3) is 0 Å². The van der Waals surface area contributed by atoms with Crippen LogP contribution in [0.5, 0.6) is 0 Å². The van der Waals surface area contributed by atoms with E-state index in [0.29, 0.717) is 0 Å². The van der Waals surface area contributed by atoms with E-state index in [2.05, 4.69) is 38.4 Å². The molecule has 0 spiro atoms. The molecule has 1 nitrogen and oxygen atoms in total. The second-order valence-electron chi connectivity index (χ2n) is 4.31. The molecule has 0 aliphatic heterocycles. The molecule has 1 fully saturated rings. The van der Waals surface area contributed by atoms with Gasteiger partial charge in [-0.15, -0.1) is 0 Å². The zero-order valence-corrected chi connectivity index (χ0v) is 8.69. The Morgan fingerprint density at radius 3 is 2.27 bits per heavy atom. The lowest BCUT2D eigenvalue weighted by molar-refractivity contribution is 0.151. The Labute approximate surface area is 75.6 Å². The van der Waals surface area contributed by atoms with Crippen LogP contribution in [-0.4, -0.2) is 29.3 Å². The zero-order chi connectivity index (χ0) is 8.48. The number of hydrogen-bond donors (Lipinski definition) is 1. The first kappa shape index (κ1) is 9.40. The van der Waals surface area contributed by atoms with Crippen LogP contribution < -0.4 is 0 Å². The summed E-state index contributed by atoms with van der Waals surface area (Å²) in [6.45, 7) is 5.44. The monoisotopic (exact) mass is 173 g/mol. The van der Waals surface area contributed by atoms with Crippen LogP contribution in [0.2, 0.25) is 0 Å². The molecule has 2 heteroatoms. The Hall–Kier alpha value is 0.310. The Bertz CT molecular complexity index is 124. The third-order valence-electron chi connectivity index (χ3n) is 2.33. The van der Waals surface area contributed by atoms with Gasteiger partial charge in [-0.2, -0.15) is 12.6 Å². The van der Waals surface area contributed by atoms with Crippen molar-refractivity contribution in [2.45, 2.75) is 43.9 Å². The average molecular weight is 173 g/mol. The van der Waals surface area contributed by atoms with E-state index >= 15 is 0 Å². The minimum atomic E-state index is 0.157. The first-order valence-corrected chi connectivity index (χ1v) is 4.86. The number of hydrogen-bond acceptors (Lipinski definition) is 2. The molecular formula is C9H19NS. The topological polar surface area (TPSA) is 3.24 Å². The maximum atomic E-state index is 4.51. The Morgan fingerprint density at radius 1 is 1.45 bits per heavy atom. The summed E-state index contributed by atoms with van der Waals surface area (Å²) in [6, 6.07) is 0.849. The van der Waals surface area contributed by atoms with E-state index in [-0.39, 0.29) is 4.75 Å². The zero-order valence-electron chi connectivity index (χ0n) is 7.80. The minimum Gasteiger partial charge on any atom is -0.302 e. The molecular weight excluding hydrogens is 154 g/mol. The molecule has 11 heavy (non-hydrogen) atoms. The van der Waals surface area contributed by atoms with Crippen molar-refractivity contribution in [3.05, 3.63) is 0 Å². The molecule has 0 aromatic carbocycles. The SMILES string of the molecule is CN(CC(C)(C)S)C1CCC1. The van der Waals surface area contributed by atoms with Gasteiger partial charge in [0, 0.05) is 17.3 Å². The fraction of sp³-hybridized carbons (Fsp3) is 1.00. The van der Waals surface area contributed by atoms with Gasteiger partial charge >= 0.3 is 0 Å². The molecule has 0 radical (unpaired) electrons. The van der Waals surface area contributed by atoms with Gasteiger partial charge in [-0.1, -0.05) is 6.42 Å². The van der Waals surface area contributed by atoms with Crippen molar-refractivity contribution >= 4 is 12.6 Å². The molecule has 66 valence electrons. The molecule has 0 bridgehead atoms. The van der Waals surface area contributed by atoms with E-state index in [1.54, 1.807) is 0 Å². The van der Waals surface area contributed by atoms with Crippen molar-refractivity contribution in [3.8, 4) is 0 Å². The first-order valence-electron chi connectivity index (χ1n) is 4.42. The molecule has 0 atom stereocenters. The molecule has 1 aliphatic rings. The van der Waals surface area contributed by atoms with Crippen LogP contribution in [0.15, 0.2) is 0 Å². The summed E-state index contributed by atoms with van der Waals surface area (Å²) in [7, 11) is 2.21. The summed E-state index contributed by atoms with van der Waals surface area (Å²) >= 11 is 4.51. The quantitative estimate of drug-likeness (QED) is 0.640. The standard InChI is InChI=1S/C9H19NS/c1-9(2,11)7-10(3)8-5-4-6-8/h8,11H,4-7H2,1-3H3. The lowest BCUT2D eigenvalue weighted by Gasteiger charge is -2.37. The normalized spacial score (nSPS) is 20.5. The maximum absolute atomic E-state index is 4.51. The molecule has 1 saturated carbocycles. The van der Waals surface area contributed by atoms with Gasteiger partial charge in [-0.05, 0) is 33.7 Å². The second kappa shape index (κ2) is 3.36. The van der Waals surface area contributed by atoms with E-state index in [4.69, 9.17) is 0 Å². The van der Waals surface area contributed by atoms with Gasteiger partial charge in [-0.25, -0.2) is 0 Å². The summed E-state index contributed by atoms with van der Waals surface area (Å²) < 4.78 is 0.157. The summed E-state index contributed by atoms with van der Waals surface area (Å²) in [5.41, 5.74) is 0. The number of thiol groups is 1. The number of rotatable bonds is 3. The fourth-order valence-corrected chi connectivity index (χ4v) is 1.79. The molecule has 0 unspecified atom stereocenters. The third kappa shape index (κ3) is 3.04. The van der Waals surface area contributed by atoms with Gasteiger partial charge in [0.2, 0.25) is 0 Å². The van der Waals surface area contributed by atoms with Crippen LogP contribution in [0.4, 0.5) is 0 Å². The van der Waals surface area contributed by atoms with Crippen LogP contribution in [0, 0.1) is 0 Å². The summed E-state index contributed by atoms with van der Waals surface area (Å²) in [5.74, 6) is 0. The van der Waals surface area contributed by atoms with Crippen molar-refractivity contribution in [2.75, 3.05) is 13.6 Å². The van der Waals surface area contributed by atoms with Gasteiger partial charge in [0.25, 0.3) is 0 Å². The molecule has 0 aromatic rings. The van der Waals surface area contributed by atoms with Gasteiger partial charge in [0.05, 0.1) is 0 Å². The smallest absolute Gasteiger partial charge is 0.0200 e. The molecule has 0 amide bonds. The van der Waals surface area contributed by atoms with Crippen LogP contribution in [0.3, 0.4) is 0 Å². The molecule has 0 heterocycles. The van der Waals surface area contributed by atoms with Crippen molar-refractivity contribution in [1.29, 1.82) is 0 Å². The largest absolute Gasteiger partial charge is 0.302 e. The highest BCUT2D eigenvalue weighted by Gasteiger charge is 2.25. The summed E-state index contributed by atoms with van der Waals surface area (Å²) in [5, 5.41) is 0. The second-order valence-corrected chi connectivity index (χ2v) is 5.52. The number of nitrogens with zero attached hydrogens (tertiary/aromatic N) is 1. The fourth-order valence-electron chi connectivity index (χ4n) is 1.57. The van der Waals surface area contributed by atoms with Crippen LogP contribution in [-0.2, 0) is 0 Å². The minimum absolute atomic E-state index is 0.157. The Morgan fingerprint density at radius 2 is 2.00 bits per heavy atom. The predicted octanol–water partition coefficient (Wildman–Crippen LogP) is 2.18. The Kier molecular flexibility index (Phi) is 2.87. The van der Waals surface area contributed by atoms with Crippen molar-refractivity contribution in [2.24, 2.45) is 0 Å². The van der Waals surface area contributed by atoms with Gasteiger partial charge in [0.1, 0.15) is 0 Å². The summed E-state index contributed by atoms with van der Waals surface area (Å²) in [4.78, 5) is 2.44. The highest BCUT2D eigenvalue weighted by atomic mass is 32.1. The van der Waals surface area contributed by atoms with E-state index < -0.39 is 0 Å². The highest BCUT2D eigenvalue weighted by molar-refractivity contribution is 7.81. The predicted molar refractivity (Wildman–Crippen MR) is 53.3 cm³/mol. The maximum Gasteiger partial charge on any atom is 0.0200 e. The van der Waals surface area contributed by atoms with Crippen molar-refractivity contribution in [3.63, 3.8) is 0 Å². The molecule has 0 saturated heterocycles. The van der Waals surface area contributed by atoms with Gasteiger partial charge in [-0.3, -0.25) is 0 Å². The van der Waals surface area contributed by atoms with Crippen LogP contribution in [0.1, 0.15) is 33.1 Å². The first-order chi connectivity index (χ1) is 4.99. The average Bonchev–Trinajstić information content (AvgIpc) is 1.50. The van der Waals surface area contributed by atoms with E-state index in [9.17, 15) is 0 Å². The lowest BCUT2D eigenvalue weighted by Crippen LogP contribution is -2.42. The molecule has 1 rings (SSSR count). The van der Waals surface area contributed by atoms with Crippen molar-refractivity contribution in [1.82, 2.24) is 4.90 Å².